The van der Waals surface area contributed by atoms with E-state index < -0.39 is 0 Å². The molecule has 5 aromatic rings. The smallest absolute Gasteiger partial charge is 0.226 e. The maximum Gasteiger partial charge on any atom is 0.226 e. The molecule has 2 aromatic carbocycles. The van der Waals surface area contributed by atoms with Crippen molar-refractivity contribution >= 4 is 17.4 Å². The lowest BCUT2D eigenvalue weighted by Gasteiger charge is -2.26. The van der Waals surface area contributed by atoms with E-state index in [4.69, 9.17) is 9.84 Å². The normalized spacial score (nSPS) is 15.1. The molecular formula is C25H20FN7O2. The summed E-state index contributed by atoms with van der Waals surface area (Å²) in [7, 11) is 0. The van der Waals surface area contributed by atoms with Gasteiger partial charge in [0.15, 0.2) is 11.5 Å². The molecule has 1 aliphatic heterocycles. The summed E-state index contributed by atoms with van der Waals surface area (Å²) in [5.41, 5.74) is 3.56. The maximum atomic E-state index is 14.1. The number of benzene rings is 2. The molecule has 0 spiro atoms. The summed E-state index contributed by atoms with van der Waals surface area (Å²) in [6.07, 6.45) is 1.74. The summed E-state index contributed by atoms with van der Waals surface area (Å²) in [5, 5.41) is 20.0. The minimum Gasteiger partial charge on any atom is -0.488 e. The molecule has 1 N–H and O–H groups in total. The number of carbonyl (C=O) groups excluding carboxylic acids is 1. The number of amides is 1. The Bertz CT molecular complexity index is 1580. The van der Waals surface area contributed by atoms with Crippen molar-refractivity contribution < 1.29 is 13.9 Å². The summed E-state index contributed by atoms with van der Waals surface area (Å²) in [6, 6.07) is 17.6. The fourth-order valence-electron chi connectivity index (χ4n) is 4.48. The zero-order chi connectivity index (χ0) is 23.9. The predicted octanol–water partition coefficient (Wildman–Crippen LogP) is 3.81. The first-order valence-electron chi connectivity index (χ1n) is 11.1. The van der Waals surface area contributed by atoms with Crippen molar-refractivity contribution in [1.82, 2.24) is 29.6 Å². The van der Waals surface area contributed by atoms with E-state index in [1.807, 2.05) is 31.2 Å². The summed E-state index contributed by atoms with van der Waals surface area (Å²) >= 11 is 0. The molecule has 35 heavy (non-hydrogen) atoms. The van der Waals surface area contributed by atoms with Gasteiger partial charge < -0.3 is 10.1 Å². The fourth-order valence-corrected chi connectivity index (χ4v) is 4.48. The Morgan fingerprint density at radius 2 is 1.91 bits per heavy atom. The van der Waals surface area contributed by atoms with Crippen molar-refractivity contribution in [3.63, 3.8) is 0 Å². The second kappa shape index (κ2) is 8.32. The Balaban J connectivity index is 1.40. The number of ether oxygens (including phenoxy) is 1. The first kappa shape index (κ1) is 21.0. The average Bonchev–Trinajstić information content (AvgIpc) is 3.47. The third kappa shape index (κ3) is 3.68. The van der Waals surface area contributed by atoms with Gasteiger partial charge in [-0.15, -0.1) is 15.3 Å². The predicted molar refractivity (Wildman–Crippen MR) is 125 cm³/mol. The highest BCUT2D eigenvalue weighted by molar-refractivity contribution is 5.95. The van der Waals surface area contributed by atoms with E-state index in [-0.39, 0.29) is 30.7 Å². The largest absolute Gasteiger partial charge is 0.488 e. The van der Waals surface area contributed by atoms with Crippen molar-refractivity contribution in [2.45, 2.75) is 25.9 Å². The van der Waals surface area contributed by atoms with Crippen LogP contribution < -0.4 is 10.1 Å². The Hall–Kier alpha value is -4.60. The number of hydrogen-bond donors (Lipinski definition) is 1. The molecule has 174 valence electrons. The molecule has 1 amide bonds. The number of halogens is 1. The molecule has 1 atom stereocenters. The molecule has 0 radical (unpaired) electrons. The maximum absolute atomic E-state index is 14.1. The molecule has 10 heteroatoms. The molecule has 0 saturated heterocycles. The van der Waals surface area contributed by atoms with Crippen molar-refractivity contribution in [2.24, 2.45) is 0 Å². The number of nitrogens with zero attached hydrogens (tertiary/aromatic N) is 6. The third-order valence-corrected chi connectivity index (χ3v) is 6.10. The topological polar surface area (TPSA) is 99.2 Å². The minimum absolute atomic E-state index is 0.0799. The number of hydrogen-bond acceptors (Lipinski definition) is 6. The summed E-state index contributed by atoms with van der Waals surface area (Å²) in [5.74, 6) is 0.928. The van der Waals surface area contributed by atoms with Crippen molar-refractivity contribution in [3.8, 4) is 11.6 Å². The molecule has 0 bridgehead atoms. The molecule has 4 heterocycles. The van der Waals surface area contributed by atoms with Crippen LogP contribution in [0.1, 0.15) is 34.7 Å². The van der Waals surface area contributed by atoms with Gasteiger partial charge in [-0.2, -0.15) is 14.3 Å². The number of carbonyl (C=O) groups is 1. The third-order valence-electron chi connectivity index (χ3n) is 6.10. The van der Waals surface area contributed by atoms with Crippen LogP contribution in [0, 0.1) is 12.7 Å². The Morgan fingerprint density at radius 1 is 1.09 bits per heavy atom. The van der Waals surface area contributed by atoms with E-state index in [2.05, 4.69) is 20.6 Å². The van der Waals surface area contributed by atoms with Gasteiger partial charge >= 0.3 is 0 Å². The van der Waals surface area contributed by atoms with Crippen molar-refractivity contribution in [3.05, 3.63) is 95.2 Å². The Morgan fingerprint density at radius 3 is 2.80 bits per heavy atom. The van der Waals surface area contributed by atoms with Gasteiger partial charge in [0.05, 0.1) is 5.69 Å². The van der Waals surface area contributed by atoms with Gasteiger partial charge in [0, 0.05) is 29.0 Å². The average molecular weight is 469 g/mol. The van der Waals surface area contributed by atoms with Crippen LogP contribution in [0.2, 0.25) is 0 Å². The van der Waals surface area contributed by atoms with E-state index in [9.17, 15) is 9.18 Å². The SMILES string of the molecule is Cc1nn(-c2ccc3nncn3n2)c2c1[C@H](c1ccccc1OCc1ccccc1F)CC(=O)N2. The Kier molecular flexibility index (Phi) is 4.98. The highest BCUT2D eigenvalue weighted by atomic mass is 19.1. The standard InChI is InChI=1S/C25H20FN7O2/c1-15-24-18(17-7-3-5-9-20(17)35-13-16-6-2-4-8-19(16)26)12-23(34)28-25(24)33(30-15)22-11-10-21-29-27-14-32(21)31-22/h2-11,14,18H,12-13H2,1H3,(H,28,34)/t18-/m0/s1. The van der Waals surface area contributed by atoms with Crippen LogP contribution >= 0.6 is 0 Å². The first-order chi connectivity index (χ1) is 17.1. The van der Waals surface area contributed by atoms with Crippen LogP contribution in [0.4, 0.5) is 10.2 Å². The number of aromatic nitrogens is 6. The van der Waals surface area contributed by atoms with E-state index in [1.165, 1.54) is 12.4 Å². The van der Waals surface area contributed by atoms with E-state index in [0.717, 1.165) is 16.8 Å². The lowest BCUT2D eigenvalue weighted by atomic mass is 9.85. The molecule has 3 aromatic heterocycles. The molecule has 0 aliphatic carbocycles. The van der Waals surface area contributed by atoms with Gasteiger partial charge in [-0.3, -0.25) is 4.79 Å². The second-order valence-electron chi connectivity index (χ2n) is 8.31. The number of nitrogens with one attached hydrogen (secondary N) is 1. The minimum atomic E-state index is -0.320. The molecule has 9 nitrogen and oxygen atoms in total. The lowest BCUT2D eigenvalue weighted by molar-refractivity contribution is -0.116. The zero-order valence-corrected chi connectivity index (χ0v) is 18.7. The van der Waals surface area contributed by atoms with Crippen LogP contribution in [0.5, 0.6) is 5.75 Å². The van der Waals surface area contributed by atoms with Gasteiger partial charge in [0.25, 0.3) is 0 Å². The van der Waals surface area contributed by atoms with Crippen LogP contribution in [-0.2, 0) is 11.4 Å². The molecule has 0 fully saturated rings. The quantitative estimate of drug-likeness (QED) is 0.420. The molecule has 0 saturated carbocycles. The number of rotatable bonds is 5. The van der Waals surface area contributed by atoms with Gasteiger partial charge in [0.2, 0.25) is 5.91 Å². The Labute approximate surface area is 199 Å². The monoisotopic (exact) mass is 469 g/mol. The highest BCUT2D eigenvalue weighted by Crippen LogP contribution is 2.43. The number of para-hydroxylation sites is 1. The van der Waals surface area contributed by atoms with Crippen LogP contribution in [0.3, 0.4) is 0 Å². The number of aryl methyl sites for hydroxylation is 1. The molecule has 0 unspecified atom stereocenters. The van der Waals surface area contributed by atoms with E-state index >= 15 is 0 Å². The van der Waals surface area contributed by atoms with Crippen LogP contribution in [0.15, 0.2) is 67.0 Å². The second-order valence-corrected chi connectivity index (χ2v) is 8.31. The van der Waals surface area contributed by atoms with E-state index in [0.29, 0.717) is 28.6 Å². The summed E-state index contributed by atoms with van der Waals surface area (Å²) in [4.78, 5) is 12.8. The molecular weight excluding hydrogens is 449 g/mol. The van der Waals surface area contributed by atoms with Gasteiger partial charge in [-0.25, -0.2) is 4.39 Å². The molecule has 6 rings (SSSR count). The highest BCUT2D eigenvalue weighted by Gasteiger charge is 2.34. The first-order valence-corrected chi connectivity index (χ1v) is 11.1. The fraction of sp³-hybridized carbons (Fsp3) is 0.160. The van der Waals surface area contributed by atoms with Crippen molar-refractivity contribution in [2.75, 3.05) is 5.32 Å². The van der Waals surface area contributed by atoms with Crippen molar-refractivity contribution in [1.29, 1.82) is 0 Å². The lowest BCUT2D eigenvalue weighted by Crippen LogP contribution is -2.25. The van der Waals surface area contributed by atoms with Gasteiger partial charge in [0.1, 0.15) is 30.3 Å². The summed E-state index contributed by atoms with van der Waals surface area (Å²) in [6.45, 7) is 1.98. The zero-order valence-electron chi connectivity index (χ0n) is 18.7. The molecule has 1 aliphatic rings. The summed E-state index contributed by atoms with van der Waals surface area (Å²) < 4.78 is 23.4. The van der Waals surface area contributed by atoms with Crippen LogP contribution in [0.25, 0.3) is 11.5 Å². The number of fused-ring (bicyclic) bond motifs is 2. The van der Waals surface area contributed by atoms with Gasteiger partial charge in [-0.05, 0) is 31.2 Å². The number of anilines is 1. The van der Waals surface area contributed by atoms with Gasteiger partial charge in [-0.1, -0.05) is 36.4 Å². The van der Waals surface area contributed by atoms with Crippen LogP contribution in [-0.4, -0.2) is 35.5 Å². The van der Waals surface area contributed by atoms with E-state index in [1.54, 1.807) is 39.5 Å².